The quantitative estimate of drug-likeness (QED) is 0.691. The number of nitrogens with one attached hydrogen (secondary N) is 1. The number of nitrogens with zero attached hydrogens (tertiary/aromatic N) is 1. The average molecular weight is 337 g/mol. The second kappa shape index (κ2) is 4.90. The maximum atomic E-state index is 13.5. The number of thiazole rings is 1. The predicted molar refractivity (Wildman–Crippen MR) is 81.7 cm³/mol. The Balaban J connectivity index is 1.94. The van der Waals surface area contributed by atoms with E-state index < -0.39 is 0 Å². The van der Waals surface area contributed by atoms with Gasteiger partial charge in [0.05, 0.1) is 10.2 Å². The van der Waals surface area contributed by atoms with Gasteiger partial charge in [0, 0.05) is 10.2 Å². The topological polar surface area (TPSA) is 24.9 Å². The summed E-state index contributed by atoms with van der Waals surface area (Å²) in [6.45, 7) is 1.74. The Bertz CT molecular complexity index is 754. The molecular weight excluding hydrogens is 327 g/mol. The standard InChI is InChI=1S/C14H10BrFN2S/c1-8-2-4-10(7-11(8)16)17-14-18-12-5-3-9(15)6-13(12)19-14/h2-7H,1H3,(H,17,18). The van der Waals surface area contributed by atoms with Crippen LogP contribution in [0.5, 0.6) is 0 Å². The fourth-order valence-electron chi connectivity index (χ4n) is 1.75. The molecule has 1 N–H and O–H groups in total. The second-order valence-corrected chi connectivity index (χ2v) is 6.17. The first-order valence-electron chi connectivity index (χ1n) is 5.71. The van der Waals surface area contributed by atoms with Crippen molar-refractivity contribution in [3.8, 4) is 0 Å². The van der Waals surface area contributed by atoms with E-state index in [9.17, 15) is 4.39 Å². The van der Waals surface area contributed by atoms with Gasteiger partial charge in [-0.3, -0.25) is 0 Å². The molecule has 96 valence electrons. The van der Waals surface area contributed by atoms with Crippen molar-refractivity contribution in [1.82, 2.24) is 4.98 Å². The van der Waals surface area contributed by atoms with Crippen molar-refractivity contribution in [2.24, 2.45) is 0 Å². The summed E-state index contributed by atoms with van der Waals surface area (Å²) < 4.78 is 15.6. The van der Waals surface area contributed by atoms with Crippen LogP contribution in [-0.4, -0.2) is 4.98 Å². The van der Waals surface area contributed by atoms with Gasteiger partial charge in [0.2, 0.25) is 0 Å². The van der Waals surface area contributed by atoms with Crippen LogP contribution in [0.25, 0.3) is 10.2 Å². The number of halogens is 2. The third-order valence-electron chi connectivity index (χ3n) is 2.77. The van der Waals surface area contributed by atoms with Crippen LogP contribution in [0.2, 0.25) is 0 Å². The molecule has 5 heteroatoms. The smallest absolute Gasteiger partial charge is 0.188 e. The van der Waals surface area contributed by atoms with E-state index in [1.807, 2.05) is 24.3 Å². The summed E-state index contributed by atoms with van der Waals surface area (Å²) in [5, 5.41) is 3.89. The molecule has 0 atom stereocenters. The van der Waals surface area contributed by atoms with Crippen LogP contribution in [0.3, 0.4) is 0 Å². The molecule has 2 nitrogen and oxygen atoms in total. The molecule has 2 aromatic carbocycles. The number of anilines is 2. The maximum Gasteiger partial charge on any atom is 0.188 e. The lowest BCUT2D eigenvalue weighted by molar-refractivity contribution is 0.619. The first-order chi connectivity index (χ1) is 9.11. The molecule has 0 spiro atoms. The molecular formula is C14H10BrFN2S. The van der Waals surface area contributed by atoms with Crippen molar-refractivity contribution in [1.29, 1.82) is 0 Å². The van der Waals surface area contributed by atoms with Gasteiger partial charge in [0.25, 0.3) is 0 Å². The highest BCUT2D eigenvalue weighted by molar-refractivity contribution is 9.10. The number of benzene rings is 2. The van der Waals surface area contributed by atoms with Crippen LogP contribution < -0.4 is 5.32 Å². The highest BCUT2D eigenvalue weighted by atomic mass is 79.9. The first kappa shape index (κ1) is 12.6. The molecule has 19 heavy (non-hydrogen) atoms. The van der Waals surface area contributed by atoms with E-state index in [0.717, 1.165) is 19.8 Å². The summed E-state index contributed by atoms with van der Waals surface area (Å²) in [6.07, 6.45) is 0. The van der Waals surface area contributed by atoms with Gasteiger partial charge in [-0.1, -0.05) is 33.3 Å². The third kappa shape index (κ3) is 2.62. The number of hydrogen-bond donors (Lipinski definition) is 1. The van der Waals surface area contributed by atoms with Crippen molar-refractivity contribution in [2.45, 2.75) is 6.92 Å². The van der Waals surface area contributed by atoms with Crippen molar-refractivity contribution in [3.05, 3.63) is 52.3 Å². The maximum absolute atomic E-state index is 13.5. The van der Waals surface area contributed by atoms with Gasteiger partial charge in [0.1, 0.15) is 5.82 Å². The molecule has 1 aromatic heterocycles. The van der Waals surface area contributed by atoms with Gasteiger partial charge in [-0.05, 0) is 42.8 Å². The molecule has 1 heterocycles. The Labute approximate surface area is 122 Å². The highest BCUT2D eigenvalue weighted by Crippen LogP contribution is 2.30. The van der Waals surface area contributed by atoms with E-state index >= 15 is 0 Å². The second-order valence-electron chi connectivity index (χ2n) is 4.22. The Morgan fingerprint density at radius 3 is 2.84 bits per heavy atom. The van der Waals surface area contributed by atoms with Crippen molar-refractivity contribution >= 4 is 48.3 Å². The molecule has 0 aliphatic heterocycles. The fourth-order valence-corrected chi connectivity index (χ4v) is 3.18. The normalized spacial score (nSPS) is 10.9. The van der Waals surface area contributed by atoms with Gasteiger partial charge in [-0.2, -0.15) is 0 Å². The lowest BCUT2D eigenvalue weighted by Gasteiger charge is -2.03. The highest BCUT2D eigenvalue weighted by Gasteiger charge is 2.05. The third-order valence-corrected chi connectivity index (χ3v) is 4.20. The van der Waals surface area contributed by atoms with E-state index in [1.165, 1.54) is 6.07 Å². The van der Waals surface area contributed by atoms with E-state index in [2.05, 4.69) is 26.2 Å². The van der Waals surface area contributed by atoms with Crippen LogP contribution >= 0.6 is 27.3 Å². The summed E-state index contributed by atoms with van der Waals surface area (Å²) in [5.74, 6) is -0.214. The molecule has 0 radical (unpaired) electrons. The zero-order valence-corrected chi connectivity index (χ0v) is 12.5. The molecule has 0 saturated heterocycles. The van der Waals surface area contributed by atoms with Gasteiger partial charge < -0.3 is 5.32 Å². The molecule has 0 aliphatic carbocycles. The van der Waals surface area contributed by atoms with Gasteiger partial charge >= 0.3 is 0 Å². The molecule has 0 fully saturated rings. The lowest BCUT2D eigenvalue weighted by Crippen LogP contribution is -1.91. The number of aromatic nitrogens is 1. The molecule has 0 amide bonds. The summed E-state index contributed by atoms with van der Waals surface area (Å²) >= 11 is 4.98. The predicted octanol–water partition coefficient (Wildman–Crippen LogP) is 5.25. The molecule has 3 aromatic rings. The number of hydrogen-bond acceptors (Lipinski definition) is 3. The first-order valence-corrected chi connectivity index (χ1v) is 7.32. The summed E-state index contributed by atoms with van der Waals surface area (Å²) in [4.78, 5) is 4.47. The Morgan fingerprint density at radius 1 is 1.21 bits per heavy atom. The van der Waals surface area contributed by atoms with Crippen molar-refractivity contribution in [3.63, 3.8) is 0 Å². The van der Waals surface area contributed by atoms with Crippen molar-refractivity contribution < 1.29 is 4.39 Å². The minimum Gasteiger partial charge on any atom is -0.331 e. The van der Waals surface area contributed by atoms with Crippen LogP contribution in [0, 0.1) is 12.7 Å². The fraction of sp³-hybridized carbons (Fsp3) is 0.0714. The Hall–Kier alpha value is -1.46. The monoisotopic (exact) mass is 336 g/mol. The number of rotatable bonds is 2. The SMILES string of the molecule is Cc1ccc(Nc2nc3ccc(Br)cc3s2)cc1F. The zero-order valence-electron chi connectivity index (χ0n) is 10.1. The van der Waals surface area contributed by atoms with Crippen LogP contribution in [0.15, 0.2) is 40.9 Å². The minimum absolute atomic E-state index is 0.214. The van der Waals surface area contributed by atoms with E-state index in [0.29, 0.717) is 11.3 Å². The van der Waals surface area contributed by atoms with E-state index in [-0.39, 0.29) is 5.82 Å². The van der Waals surface area contributed by atoms with Crippen LogP contribution in [-0.2, 0) is 0 Å². The summed E-state index contributed by atoms with van der Waals surface area (Å²) in [7, 11) is 0. The van der Waals surface area contributed by atoms with Crippen molar-refractivity contribution in [2.75, 3.05) is 5.32 Å². The van der Waals surface area contributed by atoms with Crippen LogP contribution in [0.1, 0.15) is 5.56 Å². The summed E-state index contributed by atoms with van der Waals surface area (Å²) in [6, 6.07) is 11.0. The molecule has 3 rings (SSSR count). The largest absolute Gasteiger partial charge is 0.331 e. The minimum atomic E-state index is -0.214. The average Bonchev–Trinajstić information content (AvgIpc) is 2.75. The zero-order chi connectivity index (χ0) is 13.4. The van der Waals surface area contributed by atoms with Crippen LogP contribution in [0.4, 0.5) is 15.2 Å². The molecule has 0 saturated carbocycles. The van der Waals surface area contributed by atoms with Gasteiger partial charge in [0.15, 0.2) is 5.13 Å². The number of aryl methyl sites for hydroxylation is 1. The Kier molecular flexibility index (Phi) is 3.24. The van der Waals surface area contributed by atoms with Gasteiger partial charge in [-0.15, -0.1) is 0 Å². The lowest BCUT2D eigenvalue weighted by atomic mass is 10.2. The Morgan fingerprint density at radius 2 is 2.05 bits per heavy atom. The number of fused-ring (bicyclic) bond motifs is 1. The summed E-state index contributed by atoms with van der Waals surface area (Å²) in [5.41, 5.74) is 2.28. The molecule has 0 unspecified atom stereocenters. The van der Waals surface area contributed by atoms with E-state index in [4.69, 9.17) is 0 Å². The molecule has 0 bridgehead atoms. The van der Waals surface area contributed by atoms with E-state index in [1.54, 1.807) is 24.3 Å². The molecule has 0 aliphatic rings. The van der Waals surface area contributed by atoms with Gasteiger partial charge in [-0.25, -0.2) is 9.37 Å².